The van der Waals surface area contributed by atoms with Crippen LogP contribution in [0.15, 0.2) is 48.5 Å². The summed E-state index contributed by atoms with van der Waals surface area (Å²) in [5.74, 6) is 1.10. The number of benzene rings is 2. The van der Waals surface area contributed by atoms with E-state index in [1.807, 2.05) is 35.4 Å². The lowest BCUT2D eigenvalue weighted by Crippen LogP contribution is -2.41. The van der Waals surface area contributed by atoms with E-state index in [2.05, 4.69) is 36.5 Å². The second-order valence-electron chi connectivity index (χ2n) is 7.33. The van der Waals surface area contributed by atoms with Crippen LogP contribution in [0.25, 0.3) is 11.1 Å². The van der Waals surface area contributed by atoms with Crippen LogP contribution in [0, 0.1) is 12.8 Å². The van der Waals surface area contributed by atoms with Crippen LogP contribution in [0.2, 0.25) is 0 Å². The third-order valence-corrected chi connectivity index (χ3v) is 5.85. The van der Waals surface area contributed by atoms with Gasteiger partial charge in [-0.3, -0.25) is 9.59 Å². The Morgan fingerprint density at radius 2 is 1.79 bits per heavy atom. The standard InChI is InChI=1S/C23H28N2O2S/c1-17-4-3-5-20(16-17)18-6-8-21(9-7-18)24-23(27)19-10-13-25(14-11-19)22(26)12-15-28-2/h3-9,16,19H,10-15H2,1-2H3,(H,24,27). The summed E-state index contributed by atoms with van der Waals surface area (Å²) >= 11 is 1.69. The van der Waals surface area contributed by atoms with E-state index in [4.69, 9.17) is 0 Å². The topological polar surface area (TPSA) is 49.4 Å². The maximum atomic E-state index is 12.6. The molecule has 0 aliphatic carbocycles. The Labute approximate surface area is 171 Å². The quantitative estimate of drug-likeness (QED) is 0.777. The van der Waals surface area contributed by atoms with Crippen LogP contribution in [0.1, 0.15) is 24.8 Å². The van der Waals surface area contributed by atoms with Gasteiger partial charge in [-0.15, -0.1) is 0 Å². The first kappa shape index (κ1) is 20.5. The summed E-state index contributed by atoms with van der Waals surface area (Å²) in [6, 6.07) is 16.4. The molecule has 3 rings (SSSR count). The van der Waals surface area contributed by atoms with Gasteiger partial charge in [0.05, 0.1) is 0 Å². The molecule has 148 valence electrons. The lowest BCUT2D eigenvalue weighted by molar-refractivity contribution is -0.134. The summed E-state index contributed by atoms with van der Waals surface area (Å²) in [4.78, 5) is 26.6. The van der Waals surface area contributed by atoms with Gasteiger partial charge in [0.25, 0.3) is 0 Å². The molecule has 1 aliphatic heterocycles. The largest absolute Gasteiger partial charge is 0.343 e. The van der Waals surface area contributed by atoms with Crippen molar-refractivity contribution in [1.82, 2.24) is 4.90 Å². The van der Waals surface area contributed by atoms with Crippen molar-refractivity contribution in [3.05, 3.63) is 54.1 Å². The molecule has 1 saturated heterocycles. The molecule has 0 radical (unpaired) electrons. The van der Waals surface area contributed by atoms with Crippen molar-refractivity contribution >= 4 is 29.3 Å². The number of rotatable bonds is 6. The number of nitrogens with one attached hydrogen (secondary N) is 1. The fourth-order valence-corrected chi connectivity index (χ4v) is 3.93. The molecule has 2 aromatic rings. The zero-order valence-corrected chi connectivity index (χ0v) is 17.4. The minimum atomic E-state index is -0.0268. The Kier molecular flexibility index (Phi) is 7.15. The van der Waals surface area contributed by atoms with Gasteiger partial charge in [0.15, 0.2) is 0 Å². The van der Waals surface area contributed by atoms with E-state index >= 15 is 0 Å². The summed E-state index contributed by atoms with van der Waals surface area (Å²) in [7, 11) is 0. The molecule has 28 heavy (non-hydrogen) atoms. The molecule has 2 aromatic carbocycles. The number of hydrogen-bond acceptors (Lipinski definition) is 3. The number of piperidine rings is 1. The summed E-state index contributed by atoms with van der Waals surface area (Å²) < 4.78 is 0. The fourth-order valence-electron chi connectivity index (χ4n) is 3.55. The molecule has 0 bridgehead atoms. The van der Waals surface area contributed by atoms with Crippen molar-refractivity contribution in [3.63, 3.8) is 0 Å². The molecule has 1 fully saturated rings. The highest BCUT2D eigenvalue weighted by Crippen LogP contribution is 2.24. The molecule has 0 spiro atoms. The fraction of sp³-hybridized carbons (Fsp3) is 0.391. The van der Waals surface area contributed by atoms with Crippen molar-refractivity contribution in [2.45, 2.75) is 26.2 Å². The number of aryl methyl sites for hydroxylation is 1. The van der Waals surface area contributed by atoms with Crippen LogP contribution < -0.4 is 5.32 Å². The maximum absolute atomic E-state index is 12.6. The van der Waals surface area contributed by atoms with E-state index in [1.54, 1.807) is 11.8 Å². The molecule has 2 amide bonds. The number of amides is 2. The van der Waals surface area contributed by atoms with Crippen LogP contribution in [-0.4, -0.2) is 41.8 Å². The second kappa shape index (κ2) is 9.78. The van der Waals surface area contributed by atoms with Crippen LogP contribution in [-0.2, 0) is 9.59 Å². The van der Waals surface area contributed by atoms with Crippen LogP contribution in [0.4, 0.5) is 5.69 Å². The van der Waals surface area contributed by atoms with E-state index in [0.717, 1.165) is 29.8 Å². The number of likely N-dealkylation sites (tertiary alicyclic amines) is 1. The van der Waals surface area contributed by atoms with Crippen molar-refractivity contribution in [2.24, 2.45) is 5.92 Å². The Morgan fingerprint density at radius 3 is 2.43 bits per heavy atom. The van der Waals surface area contributed by atoms with Gasteiger partial charge in [0.1, 0.15) is 0 Å². The van der Waals surface area contributed by atoms with Crippen molar-refractivity contribution in [3.8, 4) is 11.1 Å². The second-order valence-corrected chi connectivity index (χ2v) is 8.32. The zero-order chi connectivity index (χ0) is 19.9. The van der Waals surface area contributed by atoms with E-state index in [1.165, 1.54) is 11.1 Å². The normalized spacial score (nSPS) is 14.7. The Balaban J connectivity index is 1.52. The highest BCUT2D eigenvalue weighted by Gasteiger charge is 2.27. The van der Waals surface area contributed by atoms with Crippen LogP contribution in [0.5, 0.6) is 0 Å². The smallest absolute Gasteiger partial charge is 0.227 e. The predicted octanol–water partition coefficient (Wildman–Crippen LogP) is 4.59. The van der Waals surface area contributed by atoms with Crippen LogP contribution in [0.3, 0.4) is 0 Å². The molecular weight excluding hydrogens is 368 g/mol. The average Bonchev–Trinajstić information content (AvgIpc) is 2.72. The molecule has 1 aliphatic rings. The minimum Gasteiger partial charge on any atom is -0.343 e. The molecule has 0 saturated carbocycles. The van der Waals surface area contributed by atoms with Gasteiger partial charge in [-0.25, -0.2) is 0 Å². The maximum Gasteiger partial charge on any atom is 0.227 e. The number of nitrogens with zero attached hydrogens (tertiary/aromatic N) is 1. The summed E-state index contributed by atoms with van der Waals surface area (Å²) in [5.41, 5.74) is 4.36. The van der Waals surface area contributed by atoms with E-state index in [-0.39, 0.29) is 17.7 Å². The monoisotopic (exact) mass is 396 g/mol. The number of thioether (sulfide) groups is 1. The highest BCUT2D eigenvalue weighted by molar-refractivity contribution is 7.98. The van der Waals surface area contributed by atoms with Crippen LogP contribution >= 0.6 is 11.8 Å². The van der Waals surface area contributed by atoms with E-state index in [0.29, 0.717) is 19.5 Å². The van der Waals surface area contributed by atoms with Gasteiger partial charge in [0, 0.05) is 36.9 Å². The van der Waals surface area contributed by atoms with E-state index in [9.17, 15) is 9.59 Å². The van der Waals surface area contributed by atoms with Gasteiger partial charge in [-0.05, 0) is 49.3 Å². The molecule has 1 heterocycles. The number of carbonyl (C=O) groups excluding carboxylic acids is 2. The minimum absolute atomic E-state index is 0.0268. The average molecular weight is 397 g/mol. The van der Waals surface area contributed by atoms with Gasteiger partial charge < -0.3 is 10.2 Å². The molecule has 4 nitrogen and oxygen atoms in total. The third kappa shape index (κ3) is 5.38. The Morgan fingerprint density at radius 1 is 1.07 bits per heavy atom. The molecule has 0 unspecified atom stereocenters. The lowest BCUT2D eigenvalue weighted by Gasteiger charge is -2.31. The first-order valence-corrected chi connectivity index (χ1v) is 11.2. The predicted molar refractivity (Wildman–Crippen MR) is 118 cm³/mol. The zero-order valence-electron chi connectivity index (χ0n) is 16.6. The highest BCUT2D eigenvalue weighted by atomic mass is 32.2. The van der Waals surface area contributed by atoms with Gasteiger partial charge >= 0.3 is 0 Å². The first-order valence-electron chi connectivity index (χ1n) is 9.81. The summed E-state index contributed by atoms with van der Waals surface area (Å²) in [6.07, 6.45) is 4.07. The first-order chi connectivity index (χ1) is 13.6. The van der Waals surface area contributed by atoms with Crippen molar-refractivity contribution < 1.29 is 9.59 Å². The molecular formula is C23H28N2O2S. The molecule has 0 aromatic heterocycles. The number of hydrogen-bond donors (Lipinski definition) is 1. The molecule has 1 N–H and O–H groups in total. The van der Waals surface area contributed by atoms with E-state index < -0.39 is 0 Å². The molecule has 0 atom stereocenters. The number of anilines is 1. The van der Waals surface area contributed by atoms with Gasteiger partial charge in [-0.1, -0.05) is 42.0 Å². The lowest BCUT2D eigenvalue weighted by atomic mass is 9.95. The SMILES string of the molecule is CSCCC(=O)N1CCC(C(=O)Nc2ccc(-c3cccc(C)c3)cc2)CC1. The Hall–Kier alpha value is -2.27. The number of carbonyl (C=O) groups is 2. The summed E-state index contributed by atoms with van der Waals surface area (Å²) in [5, 5.41) is 3.03. The Bertz CT molecular complexity index is 812. The van der Waals surface area contributed by atoms with Crippen molar-refractivity contribution in [2.75, 3.05) is 30.4 Å². The van der Waals surface area contributed by atoms with Gasteiger partial charge in [-0.2, -0.15) is 11.8 Å². The summed E-state index contributed by atoms with van der Waals surface area (Å²) in [6.45, 7) is 3.44. The molecule has 5 heteroatoms. The van der Waals surface area contributed by atoms with Gasteiger partial charge in [0.2, 0.25) is 11.8 Å². The van der Waals surface area contributed by atoms with Crippen molar-refractivity contribution in [1.29, 1.82) is 0 Å². The third-order valence-electron chi connectivity index (χ3n) is 5.24.